The van der Waals surface area contributed by atoms with E-state index in [-0.39, 0.29) is 0 Å². The van der Waals surface area contributed by atoms with Gasteiger partial charge in [0.1, 0.15) is 0 Å². The van der Waals surface area contributed by atoms with Gasteiger partial charge in [-0.25, -0.2) is 0 Å². The van der Waals surface area contributed by atoms with E-state index in [0.29, 0.717) is 18.9 Å². The normalized spacial score (nSPS) is 26.1. The number of nitrogens with one attached hydrogen (secondary N) is 2. The van der Waals surface area contributed by atoms with Gasteiger partial charge in [0, 0.05) is 23.8 Å². The molecule has 0 saturated heterocycles. The molecule has 1 heterocycles. The van der Waals surface area contributed by atoms with Crippen molar-refractivity contribution in [1.82, 2.24) is 5.32 Å². The van der Waals surface area contributed by atoms with E-state index >= 15 is 0 Å². The highest BCUT2D eigenvalue weighted by Gasteiger charge is 2.20. The van der Waals surface area contributed by atoms with E-state index < -0.39 is 0 Å². The first kappa shape index (κ1) is 11.7. The average Bonchev–Trinajstić information content (AvgIpc) is 2.87. The van der Waals surface area contributed by atoms with Crippen molar-refractivity contribution >= 4 is 5.69 Å². The van der Waals surface area contributed by atoms with Crippen molar-refractivity contribution in [3.63, 3.8) is 0 Å². The van der Waals surface area contributed by atoms with Crippen molar-refractivity contribution in [2.24, 2.45) is 0 Å². The van der Waals surface area contributed by atoms with Crippen LogP contribution in [0.5, 0.6) is 11.5 Å². The second-order valence-electron chi connectivity index (χ2n) is 5.05. The van der Waals surface area contributed by atoms with Crippen LogP contribution in [0.25, 0.3) is 0 Å². The summed E-state index contributed by atoms with van der Waals surface area (Å²) in [7, 11) is 2.05. The predicted octanol–water partition coefficient (Wildman–Crippen LogP) is 2.36. The van der Waals surface area contributed by atoms with Gasteiger partial charge in [-0.15, -0.1) is 0 Å². The summed E-state index contributed by atoms with van der Waals surface area (Å²) in [6, 6.07) is 7.35. The Kier molecular flexibility index (Phi) is 3.28. The molecule has 0 spiro atoms. The lowest BCUT2D eigenvalue weighted by Gasteiger charge is -2.29. The Morgan fingerprint density at radius 3 is 2.50 bits per heavy atom. The number of ether oxygens (including phenoxy) is 2. The van der Waals surface area contributed by atoms with E-state index in [9.17, 15) is 0 Å². The number of benzene rings is 1. The number of hydrogen-bond acceptors (Lipinski definition) is 4. The topological polar surface area (TPSA) is 42.5 Å². The first-order chi connectivity index (χ1) is 8.85. The molecular weight excluding hydrogens is 228 g/mol. The minimum absolute atomic E-state index is 0.339. The van der Waals surface area contributed by atoms with E-state index in [4.69, 9.17) is 9.47 Å². The van der Waals surface area contributed by atoms with Crippen LogP contribution in [0, 0.1) is 0 Å². The molecule has 1 aliphatic carbocycles. The first-order valence-electron chi connectivity index (χ1n) is 6.68. The lowest BCUT2D eigenvalue weighted by atomic mass is 9.91. The van der Waals surface area contributed by atoms with Gasteiger partial charge in [-0.2, -0.15) is 0 Å². The molecule has 0 unspecified atom stereocenters. The van der Waals surface area contributed by atoms with Crippen LogP contribution in [0.3, 0.4) is 0 Å². The standard InChI is InChI=1S/C14H20N2O2/c1-15-10-2-4-11(5-3-10)16-12-6-7-13-14(8-12)18-9-17-13/h6-8,10-11,15-16H,2-5,9H2,1H3. The highest BCUT2D eigenvalue weighted by molar-refractivity contribution is 5.56. The van der Waals surface area contributed by atoms with Crippen molar-refractivity contribution in [1.29, 1.82) is 0 Å². The molecule has 18 heavy (non-hydrogen) atoms. The number of rotatable bonds is 3. The van der Waals surface area contributed by atoms with Gasteiger partial charge in [0.2, 0.25) is 6.79 Å². The molecule has 2 aliphatic rings. The van der Waals surface area contributed by atoms with Gasteiger partial charge in [0.05, 0.1) is 0 Å². The predicted molar refractivity (Wildman–Crippen MR) is 71.3 cm³/mol. The highest BCUT2D eigenvalue weighted by atomic mass is 16.7. The molecule has 0 amide bonds. The van der Waals surface area contributed by atoms with E-state index in [0.717, 1.165) is 17.2 Å². The van der Waals surface area contributed by atoms with Gasteiger partial charge in [0.15, 0.2) is 11.5 Å². The molecule has 4 heteroatoms. The van der Waals surface area contributed by atoms with Crippen LogP contribution in [0.2, 0.25) is 0 Å². The van der Waals surface area contributed by atoms with Crippen LogP contribution in [0.1, 0.15) is 25.7 Å². The lowest BCUT2D eigenvalue weighted by molar-refractivity contribution is 0.174. The zero-order valence-electron chi connectivity index (χ0n) is 10.7. The largest absolute Gasteiger partial charge is 0.454 e. The third kappa shape index (κ3) is 2.38. The van der Waals surface area contributed by atoms with E-state index in [1.165, 1.54) is 25.7 Å². The maximum atomic E-state index is 5.39. The van der Waals surface area contributed by atoms with E-state index in [2.05, 4.69) is 23.7 Å². The van der Waals surface area contributed by atoms with Crippen molar-refractivity contribution in [3.05, 3.63) is 18.2 Å². The summed E-state index contributed by atoms with van der Waals surface area (Å²) in [5.41, 5.74) is 1.13. The molecule has 1 fully saturated rings. The van der Waals surface area contributed by atoms with E-state index in [1.807, 2.05) is 12.1 Å². The number of fused-ring (bicyclic) bond motifs is 1. The van der Waals surface area contributed by atoms with Crippen molar-refractivity contribution in [2.75, 3.05) is 19.2 Å². The first-order valence-corrected chi connectivity index (χ1v) is 6.68. The molecule has 1 aromatic carbocycles. The summed E-state index contributed by atoms with van der Waals surface area (Å²) in [5.74, 6) is 1.70. The second kappa shape index (κ2) is 5.06. The van der Waals surface area contributed by atoms with Crippen molar-refractivity contribution in [2.45, 2.75) is 37.8 Å². The molecule has 0 bridgehead atoms. The second-order valence-corrected chi connectivity index (χ2v) is 5.05. The lowest BCUT2D eigenvalue weighted by Crippen LogP contribution is -2.34. The summed E-state index contributed by atoms with van der Waals surface area (Å²) < 4.78 is 10.7. The molecule has 4 nitrogen and oxygen atoms in total. The zero-order valence-corrected chi connectivity index (χ0v) is 10.7. The zero-order chi connectivity index (χ0) is 12.4. The molecule has 2 N–H and O–H groups in total. The Balaban J connectivity index is 1.60. The Labute approximate surface area is 108 Å². The third-order valence-corrected chi connectivity index (χ3v) is 3.88. The Morgan fingerprint density at radius 1 is 1.00 bits per heavy atom. The Bertz CT molecular complexity index is 414. The fraction of sp³-hybridized carbons (Fsp3) is 0.571. The van der Waals surface area contributed by atoms with Gasteiger partial charge in [-0.3, -0.25) is 0 Å². The molecule has 3 rings (SSSR count). The summed E-state index contributed by atoms with van der Waals surface area (Å²) in [6.45, 7) is 0.339. The third-order valence-electron chi connectivity index (χ3n) is 3.88. The van der Waals surface area contributed by atoms with Gasteiger partial charge < -0.3 is 20.1 Å². The van der Waals surface area contributed by atoms with Crippen LogP contribution < -0.4 is 20.1 Å². The smallest absolute Gasteiger partial charge is 0.231 e. The number of hydrogen-bond donors (Lipinski definition) is 2. The summed E-state index contributed by atoms with van der Waals surface area (Å²) >= 11 is 0. The molecule has 1 saturated carbocycles. The van der Waals surface area contributed by atoms with Crippen LogP contribution in [0.4, 0.5) is 5.69 Å². The van der Waals surface area contributed by atoms with E-state index in [1.54, 1.807) is 0 Å². The van der Waals surface area contributed by atoms with Gasteiger partial charge in [-0.1, -0.05) is 0 Å². The maximum Gasteiger partial charge on any atom is 0.231 e. The Hall–Kier alpha value is -1.42. The molecule has 1 aromatic rings. The van der Waals surface area contributed by atoms with Crippen molar-refractivity contribution < 1.29 is 9.47 Å². The van der Waals surface area contributed by atoms with Crippen molar-refractivity contribution in [3.8, 4) is 11.5 Å². The van der Waals surface area contributed by atoms with Crippen LogP contribution in [0.15, 0.2) is 18.2 Å². The highest BCUT2D eigenvalue weighted by Crippen LogP contribution is 2.35. The monoisotopic (exact) mass is 248 g/mol. The van der Waals surface area contributed by atoms with Gasteiger partial charge in [0.25, 0.3) is 0 Å². The summed E-state index contributed by atoms with van der Waals surface area (Å²) in [5, 5.41) is 6.95. The van der Waals surface area contributed by atoms with Gasteiger partial charge >= 0.3 is 0 Å². The van der Waals surface area contributed by atoms with Crippen LogP contribution >= 0.6 is 0 Å². The van der Waals surface area contributed by atoms with Gasteiger partial charge in [-0.05, 0) is 44.9 Å². The molecule has 98 valence electrons. The van der Waals surface area contributed by atoms with Crippen LogP contribution in [-0.4, -0.2) is 25.9 Å². The molecule has 0 atom stereocenters. The maximum absolute atomic E-state index is 5.39. The molecule has 0 radical (unpaired) electrons. The molecule has 1 aliphatic heterocycles. The minimum Gasteiger partial charge on any atom is -0.454 e. The van der Waals surface area contributed by atoms with Crippen LogP contribution in [-0.2, 0) is 0 Å². The quantitative estimate of drug-likeness (QED) is 0.861. The number of anilines is 1. The summed E-state index contributed by atoms with van der Waals surface area (Å²) in [6.07, 6.45) is 4.94. The summed E-state index contributed by atoms with van der Waals surface area (Å²) in [4.78, 5) is 0. The molecule has 0 aromatic heterocycles. The molecular formula is C14H20N2O2. The Morgan fingerprint density at radius 2 is 1.72 bits per heavy atom. The SMILES string of the molecule is CNC1CCC(Nc2ccc3c(c2)OCO3)CC1. The fourth-order valence-electron chi connectivity index (χ4n) is 2.75. The fourth-order valence-corrected chi connectivity index (χ4v) is 2.75. The average molecular weight is 248 g/mol. The minimum atomic E-state index is 0.339.